The van der Waals surface area contributed by atoms with Gasteiger partial charge in [-0.1, -0.05) is 45.2 Å². The Labute approximate surface area is 179 Å². The summed E-state index contributed by atoms with van der Waals surface area (Å²) >= 11 is 5.96. The van der Waals surface area contributed by atoms with E-state index in [4.69, 9.17) is 11.6 Å². The maximum Gasteiger partial charge on any atom is 0.242 e. The van der Waals surface area contributed by atoms with Crippen LogP contribution in [0.4, 0.5) is 5.69 Å². The lowest BCUT2D eigenvalue weighted by Gasteiger charge is -2.41. The van der Waals surface area contributed by atoms with E-state index in [2.05, 4.69) is 31.0 Å². The number of anilines is 1. The fraction of sp³-hybridized carbons (Fsp3) is 0.652. The number of hydrogen-bond donors (Lipinski definition) is 1. The Morgan fingerprint density at radius 3 is 2.21 bits per heavy atom. The molecule has 0 spiro atoms. The molecule has 0 unspecified atom stereocenters. The van der Waals surface area contributed by atoms with Crippen molar-refractivity contribution in [2.75, 3.05) is 31.5 Å². The minimum atomic E-state index is -0.131. The van der Waals surface area contributed by atoms with Crippen LogP contribution in [0, 0.1) is 11.3 Å². The molecule has 1 aromatic rings. The van der Waals surface area contributed by atoms with Crippen molar-refractivity contribution in [3.05, 3.63) is 29.3 Å². The molecule has 2 fully saturated rings. The zero-order valence-electron chi connectivity index (χ0n) is 17.9. The van der Waals surface area contributed by atoms with E-state index in [9.17, 15) is 9.59 Å². The van der Waals surface area contributed by atoms with E-state index in [0.717, 1.165) is 31.6 Å². The monoisotopic (exact) mass is 419 g/mol. The molecule has 1 aromatic carbocycles. The number of halogens is 1. The number of carbonyl (C=O) groups excluding carboxylic acids is 2. The first-order valence-electron chi connectivity index (χ1n) is 10.8. The molecule has 0 radical (unpaired) electrons. The van der Waals surface area contributed by atoms with Gasteiger partial charge in [0, 0.05) is 43.3 Å². The molecule has 1 heterocycles. The van der Waals surface area contributed by atoms with Gasteiger partial charge in [0.25, 0.3) is 0 Å². The molecule has 29 heavy (non-hydrogen) atoms. The first-order valence-corrected chi connectivity index (χ1v) is 11.2. The molecule has 1 atom stereocenters. The Morgan fingerprint density at radius 2 is 1.66 bits per heavy atom. The zero-order valence-corrected chi connectivity index (χ0v) is 18.7. The van der Waals surface area contributed by atoms with E-state index in [0.29, 0.717) is 30.5 Å². The molecule has 1 saturated heterocycles. The second-order valence-corrected chi connectivity index (χ2v) is 10.1. The van der Waals surface area contributed by atoms with Crippen LogP contribution in [0.3, 0.4) is 0 Å². The average molecular weight is 420 g/mol. The molecular weight excluding hydrogens is 386 g/mol. The summed E-state index contributed by atoms with van der Waals surface area (Å²) in [5, 5.41) is 3.75. The highest BCUT2D eigenvalue weighted by Gasteiger charge is 2.37. The van der Waals surface area contributed by atoms with Gasteiger partial charge in [-0.25, -0.2) is 0 Å². The Morgan fingerprint density at radius 1 is 1.07 bits per heavy atom. The lowest BCUT2D eigenvalue weighted by Crippen LogP contribution is -2.57. The molecule has 6 heteroatoms. The number of nitrogens with one attached hydrogen (secondary N) is 1. The number of rotatable bonds is 5. The maximum absolute atomic E-state index is 13.2. The third-order valence-corrected chi connectivity index (χ3v) is 6.22. The van der Waals surface area contributed by atoms with E-state index in [-0.39, 0.29) is 23.3 Å². The number of piperazine rings is 1. The molecule has 160 valence electrons. The number of benzene rings is 1. The Kier molecular flexibility index (Phi) is 7.23. The van der Waals surface area contributed by atoms with Gasteiger partial charge in [-0.3, -0.25) is 14.5 Å². The predicted molar refractivity (Wildman–Crippen MR) is 118 cm³/mol. The van der Waals surface area contributed by atoms with Crippen molar-refractivity contribution >= 4 is 29.1 Å². The SMILES string of the molecule is CC(C)(C)CC(=O)N1CCN([C@H](C(=O)Nc2ccc(Cl)cc2)C2CCCC2)CC1. The summed E-state index contributed by atoms with van der Waals surface area (Å²) in [6.07, 6.45) is 5.15. The van der Waals surface area contributed by atoms with Crippen molar-refractivity contribution in [1.82, 2.24) is 9.80 Å². The average Bonchev–Trinajstić information content (AvgIpc) is 3.17. The summed E-state index contributed by atoms with van der Waals surface area (Å²) in [6.45, 7) is 9.20. The summed E-state index contributed by atoms with van der Waals surface area (Å²) in [5.41, 5.74) is 0.778. The van der Waals surface area contributed by atoms with Gasteiger partial charge < -0.3 is 10.2 Å². The highest BCUT2D eigenvalue weighted by Crippen LogP contribution is 2.32. The van der Waals surface area contributed by atoms with E-state index in [1.54, 1.807) is 12.1 Å². The molecule has 2 amide bonds. The van der Waals surface area contributed by atoms with E-state index in [1.165, 1.54) is 12.8 Å². The second-order valence-electron chi connectivity index (χ2n) is 9.64. The summed E-state index contributed by atoms with van der Waals surface area (Å²) in [4.78, 5) is 30.0. The summed E-state index contributed by atoms with van der Waals surface area (Å²) in [6, 6.07) is 7.14. The maximum atomic E-state index is 13.2. The molecule has 5 nitrogen and oxygen atoms in total. The van der Waals surface area contributed by atoms with Crippen LogP contribution in [-0.4, -0.2) is 53.8 Å². The van der Waals surface area contributed by atoms with Crippen molar-refractivity contribution < 1.29 is 9.59 Å². The Balaban J connectivity index is 1.64. The minimum Gasteiger partial charge on any atom is -0.340 e. The number of nitrogens with zero attached hydrogens (tertiary/aromatic N) is 2. The third kappa shape index (κ3) is 6.19. The topological polar surface area (TPSA) is 52.7 Å². The normalized spacial score (nSPS) is 19.9. The van der Waals surface area contributed by atoms with Crippen LogP contribution in [-0.2, 0) is 9.59 Å². The molecule has 3 rings (SSSR count). The lowest BCUT2D eigenvalue weighted by atomic mass is 9.91. The van der Waals surface area contributed by atoms with E-state index >= 15 is 0 Å². The fourth-order valence-electron chi connectivity index (χ4n) is 4.52. The molecule has 1 aliphatic heterocycles. The molecule has 1 saturated carbocycles. The number of amides is 2. The van der Waals surface area contributed by atoms with Crippen LogP contribution >= 0.6 is 11.6 Å². The summed E-state index contributed by atoms with van der Waals surface area (Å²) < 4.78 is 0. The van der Waals surface area contributed by atoms with Gasteiger partial charge >= 0.3 is 0 Å². The van der Waals surface area contributed by atoms with E-state index < -0.39 is 0 Å². The van der Waals surface area contributed by atoms with Gasteiger partial charge in [0.15, 0.2) is 0 Å². The van der Waals surface area contributed by atoms with Gasteiger partial charge in [-0.15, -0.1) is 0 Å². The first-order chi connectivity index (χ1) is 13.7. The third-order valence-electron chi connectivity index (χ3n) is 5.97. The Bertz CT molecular complexity index is 700. The second kappa shape index (κ2) is 9.48. The van der Waals surface area contributed by atoms with Crippen molar-refractivity contribution in [2.24, 2.45) is 11.3 Å². The number of hydrogen-bond acceptors (Lipinski definition) is 3. The molecule has 2 aliphatic rings. The van der Waals surface area contributed by atoms with Gasteiger partial charge in [0.1, 0.15) is 0 Å². The van der Waals surface area contributed by atoms with Gasteiger partial charge in [-0.05, 0) is 48.4 Å². The zero-order chi connectivity index (χ0) is 21.0. The van der Waals surface area contributed by atoms with Crippen molar-refractivity contribution in [1.29, 1.82) is 0 Å². The quantitative estimate of drug-likeness (QED) is 0.768. The van der Waals surface area contributed by atoms with Crippen molar-refractivity contribution in [2.45, 2.75) is 58.9 Å². The largest absolute Gasteiger partial charge is 0.340 e. The predicted octanol–water partition coefficient (Wildman–Crippen LogP) is 4.42. The van der Waals surface area contributed by atoms with Crippen molar-refractivity contribution in [3.8, 4) is 0 Å². The van der Waals surface area contributed by atoms with Crippen LogP contribution in [0.1, 0.15) is 52.9 Å². The molecule has 0 aromatic heterocycles. The molecular formula is C23H34ClN3O2. The Hall–Kier alpha value is -1.59. The van der Waals surface area contributed by atoms with Gasteiger partial charge in [0.05, 0.1) is 6.04 Å². The molecule has 1 N–H and O–H groups in total. The van der Waals surface area contributed by atoms with Crippen LogP contribution < -0.4 is 5.32 Å². The van der Waals surface area contributed by atoms with Crippen LogP contribution in [0.2, 0.25) is 5.02 Å². The fourth-order valence-corrected chi connectivity index (χ4v) is 4.64. The smallest absolute Gasteiger partial charge is 0.242 e. The first kappa shape index (κ1) is 22.1. The molecule has 0 bridgehead atoms. The van der Waals surface area contributed by atoms with Gasteiger partial charge in [-0.2, -0.15) is 0 Å². The van der Waals surface area contributed by atoms with Crippen LogP contribution in [0.25, 0.3) is 0 Å². The van der Waals surface area contributed by atoms with Gasteiger partial charge in [0.2, 0.25) is 11.8 Å². The molecule has 1 aliphatic carbocycles. The minimum absolute atomic E-state index is 0.000926. The van der Waals surface area contributed by atoms with E-state index in [1.807, 2.05) is 17.0 Å². The summed E-state index contributed by atoms with van der Waals surface area (Å²) in [7, 11) is 0. The lowest BCUT2D eigenvalue weighted by molar-refractivity contribution is -0.136. The number of carbonyl (C=O) groups is 2. The standard InChI is InChI=1S/C23H34ClN3O2/c1-23(2,3)16-20(28)26-12-14-27(15-13-26)21(17-6-4-5-7-17)22(29)25-19-10-8-18(24)9-11-19/h8-11,17,21H,4-7,12-16H2,1-3H3,(H,25,29)/t21-/m0/s1. The van der Waals surface area contributed by atoms with Crippen LogP contribution in [0.5, 0.6) is 0 Å². The highest BCUT2D eigenvalue weighted by molar-refractivity contribution is 6.30. The van der Waals surface area contributed by atoms with Crippen LogP contribution in [0.15, 0.2) is 24.3 Å². The highest BCUT2D eigenvalue weighted by atomic mass is 35.5. The summed E-state index contributed by atoms with van der Waals surface area (Å²) in [5.74, 6) is 0.674. The van der Waals surface area contributed by atoms with Crippen molar-refractivity contribution in [3.63, 3.8) is 0 Å².